The summed E-state index contributed by atoms with van der Waals surface area (Å²) in [6.45, 7) is 0.685. The van der Waals surface area contributed by atoms with E-state index in [1.54, 1.807) is 12.1 Å². The number of carboxylic acid groups (broad SMARTS) is 1. The van der Waals surface area contributed by atoms with Gasteiger partial charge >= 0.3 is 5.97 Å². The molecule has 0 amide bonds. The van der Waals surface area contributed by atoms with Crippen molar-refractivity contribution in [2.75, 3.05) is 12.9 Å². The van der Waals surface area contributed by atoms with Crippen LogP contribution < -0.4 is 0 Å². The maximum atomic E-state index is 11.5. The zero-order valence-electron chi connectivity index (χ0n) is 12.0. The van der Waals surface area contributed by atoms with Crippen molar-refractivity contribution in [2.24, 2.45) is 0 Å². The molecule has 6 heteroatoms. The second kappa shape index (κ2) is 6.58. The minimum absolute atomic E-state index is 0.0329. The Kier molecular flexibility index (Phi) is 5.00. The molecule has 0 aromatic heterocycles. The van der Waals surface area contributed by atoms with Gasteiger partial charge in [0.2, 0.25) is 0 Å². The standard InChI is InChI=1S/C15H20O5S/c1-21(18,19)13-7-5-11(6-8-13)14(15(16)17)10-12-4-2-3-9-20-12/h5-8,12,14H,2-4,9-10H2,1H3,(H,16,17)/t12?,14-/m1/s1. The largest absolute Gasteiger partial charge is 0.481 e. The summed E-state index contributed by atoms with van der Waals surface area (Å²) in [5, 5.41) is 9.41. The average Bonchev–Trinajstić information content (AvgIpc) is 2.45. The van der Waals surface area contributed by atoms with Gasteiger partial charge in [-0.3, -0.25) is 4.79 Å². The summed E-state index contributed by atoms with van der Waals surface area (Å²) in [4.78, 5) is 11.7. The van der Waals surface area contributed by atoms with Crippen LogP contribution in [0.25, 0.3) is 0 Å². The molecule has 1 aromatic rings. The van der Waals surface area contributed by atoms with Gasteiger partial charge in [-0.2, -0.15) is 0 Å². The van der Waals surface area contributed by atoms with Gasteiger partial charge in [0.05, 0.1) is 16.9 Å². The van der Waals surface area contributed by atoms with Crippen molar-refractivity contribution in [1.82, 2.24) is 0 Å². The molecule has 0 aliphatic carbocycles. The minimum Gasteiger partial charge on any atom is -0.481 e. The van der Waals surface area contributed by atoms with Crippen LogP contribution in [0.3, 0.4) is 0 Å². The van der Waals surface area contributed by atoms with Crippen molar-refractivity contribution in [3.8, 4) is 0 Å². The van der Waals surface area contributed by atoms with Crippen molar-refractivity contribution >= 4 is 15.8 Å². The van der Waals surface area contributed by atoms with E-state index in [9.17, 15) is 18.3 Å². The van der Waals surface area contributed by atoms with Crippen molar-refractivity contribution < 1.29 is 23.1 Å². The second-order valence-corrected chi connectivity index (χ2v) is 7.47. The Bertz CT molecular complexity index is 585. The van der Waals surface area contributed by atoms with Gasteiger partial charge in [-0.05, 0) is 43.4 Å². The minimum atomic E-state index is -3.26. The zero-order valence-corrected chi connectivity index (χ0v) is 12.8. The van der Waals surface area contributed by atoms with Crippen LogP contribution in [0, 0.1) is 0 Å². The molecule has 21 heavy (non-hydrogen) atoms. The summed E-state index contributed by atoms with van der Waals surface area (Å²) in [5.41, 5.74) is 0.615. The van der Waals surface area contributed by atoms with Gasteiger partial charge in [0.15, 0.2) is 9.84 Å². The fourth-order valence-electron chi connectivity index (χ4n) is 2.58. The molecule has 1 saturated heterocycles. The number of carboxylic acids is 1. The number of benzene rings is 1. The first-order chi connectivity index (χ1) is 9.88. The Morgan fingerprint density at radius 2 is 2.00 bits per heavy atom. The van der Waals surface area contributed by atoms with E-state index < -0.39 is 21.7 Å². The molecule has 1 aliphatic heterocycles. The highest BCUT2D eigenvalue weighted by Crippen LogP contribution is 2.27. The number of sulfone groups is 1. The first kappa shape index (κ1) is 16.0. The molecular formula is C15H20O5S. The molecule has 1 N–H and O–H groups in total. The van der Waals surface area contributed by atoms with Crippen LogP contribution >= 0.6 is 0 Å². The third kappa shape index (κ3) is 4.28. The van der Waals surface area contributed by atoms with Gasteiger partial charge in [-0.1, -0.05) is 12.1 Å². The van der Waals surface area contributed by atoms with Crippen LogP contribution in [0.15, 0.2) is 29.2 Å². The molecule has 0 radical (unpaired) electrons. The molecule has 116 valence electrons. The summed E-state index contributed by atoms with van der Waals surface area (Å²) < 4.78 is 28.5. The van der Waals surface area contributed by atoms with E-state index in [1.165, 1.54) is 12.1 Å². The smallest absolute Gasteiger partial charge is 0.311 e. The van der Waals surface area contributed by atoms with E-state index >= 15 is 0 Å². The number of rotatable bonds is 5. The third-order valence-electron chi connectivity index (χ3n) is 3.78. The van der Waals surface area contributed by atoms with Crippen LogP contribution in [-0.2, 0) is 19.4 Å². The monoisotopic (exact) mass is 312 g/mol. The van der Waals surface area contributed by atoms with Crippen LogP contribution in [0.4, 0.5) is 0 Å². The third-order valence-corrected chi connectivity index (χ3v) is 4.91. The fraction of sp³-hybridized carbons (Fsp3) is 0.533. The van der Waals surface area contributed by atoms with Crippen LogP contribution in [0.1, 0.15) is 37.2 Å². The number of ether oxygens (including phenoxy) is 1. The van der Waals surface area contributed by atoms with Crippen molar-refractivity contribution in [1.29, 1.82) is 0 Å². The molecular weight excluding hydrogens is 292 g/mol. The summed E-state index contributed by atoms with van der Waals surface area (Å²) in [5.74, 6) is -1.57. The Labute approximate surface area is 124 Å². The number of hydrogen-bond acceptors (Lipinski definition) is 4. The van der Waals surface area contributed by atoms with Gasteiger partial charge in [-0.15, -0.1) is 0 Å². The van der Waals surface area contributed by atoms with Crippen molar-refractivity contribution in [2.45, 2.75) is 42.6 Å². The molecule has 2 rings (SSSR count). The molecule has 1 heterocycles. The molecule has 0 bridgehead atoms. The quantitative estimate of drug-likeness (QED) is 0.901. The molecule has 0 saturated carbocycles. The Balaban J connectivity index is 2.16. The normalized spacial score (nSPS) is 20.9. The molecule has 1 aromatic carbocycles. The lowest BCUT2D eigenvalue weighted by molar-refractivity contribution is -0.140. The topological polar surface area (TPSA) is 80.7 Å². The maximum Gasteiger partial charge on any atom is 0.311 e. The summed E-state index contributed by atoms with van der Waals surface area (Å²) >= 11 is 0. The molecule has 5 nitrogen and oxygen atoms in total. The van der Waals surface area contributed by atoms with Crippen molar-refractivity contribution in [3.05, 3.63) is 29.8 Å². The van der Waals surface area contributed by atoms with E-state index in [1.807, 2.05) is 0 Å². The van der Waals surface area contributed by atoms with Gasteiger partial charge in [0.25, 0.3) is 0 Å². The van der Waals surface area contributed by atoms with Gasteiger partial charge in [0, 0.05) is 12.9 Å². The predicted octanol–water partition coefficient (Wildman–Crippen LogP) is 2.22. The molecule has 1 unspecified atom stereocenters. The van der Waals surface area contributed by atoms with E-state index in [0.717, 1.165) is 25.5 Å². The average molecular weight is 312 g/mol. The molecule has 0 spiro atoms. The Morgan fingerprint density at radius 1 is 1.33 bits per heavy atom. The zero-order chi connectivity index (χ0) is 15.5. The van der Waals surface area contributed by atoms with E-state index in [-0.39, 0.29) is 11.0 Å². The van der Waals surface area contributed by atoms with Crippen LogP contribution in [0.2, 0.25) is 0 Å². The van der Waals surface area contributed by atoms with Gasteiger partial charge < -0.3 is 9.84 Å². The number of hydrogen-bond donors (Lipinski definition) is 1. The summed E-state index contributed by atoms with van der Waals surface area (Å²) in [6.07, 6.45) is 4.49. The number of aliphatic carboxylic acids is 1. The van der Waals surface area contributed by atoms with E-state index in [2.05, 4.69) is 0 Å². The molecule has 2 atom stereocenters. The van der Waals surface area contributed by atoms with Crippen LogP contribution in [-0.4, -0.2) is 38.5 Å². The summed E-state index contributed by atoms with van der Waals surface area (Å²) in [7, 11) is -3.26. The lowest BCUT2D eigenvalue weighted by atomic mass is 9.91. The molecule has 1 fully saturated rings. The second-order valence-electron chi connectivity index (χ2n) is 5.46. The Morgan fingerprint density at radius 3 is 2.48 bits per heavy atom. The highest BCUT2D eigenvalue weighted by Gasteiger charge is 2.26. The lowest BCUT2D eigenvalue weighted by Gasteiger charge is -2.25. The van der Waals surface area contributed by atoms with E-state index in [0.29, 0.717) is 18.6 Å². The van der Waals surface area contributed by atoms with E-state index in [4.69, 9.17) is 4.74 Å². The Hall–Kier alpha value is -1.40. The summed E-state index contributed by atoms with van der Waals surface area (Å²) in [6, 6.07) is 6.08. The number of carbonyl (C=O) groups is 1. The maximum absolute atomic E-state index is 11.5. The first-order valence-electron chi connectivity index (χ1n) is 7.02. The van der Waals surface area contributed by atoms with Gasteiger partial charge in [0.1, 0.15) is 0 Å². The SMILES string of the molecule is CS(=O)(=O)c1ccc([C@@H](CC2CCCCO2)C(=O)O)cc1. The first-order valence-corrected chi connectivity index (χ1v) is 8.91. The van der Waals surface area contributed by atoms with Crippen molar-refractivity contribution in [3.63, 3.8) is 0 Å². The van der Waals surface area contributed by atoms with Crippen LogP contribution in [0.5, 0.6) is 0 Å². The molecule has 1 aliphatic rings. The highest BCUT2D eigenvalue weighted by molar-refractivity contribution is 7.90. The van der Waals surface area contributed by atoms with Gasteiger partial charge in [-0.25, -0.2) is 8.42 Å². The predicted molar refractivity (Wildman–Crippen MR) is 78.1 cm³/mol. The lowest BCUT2D eigenvalue weighted by Crippen LogP contribution is -2.25. The highest BCUT2D eigenvalue weighted by atomic mass is 32.2. The fourth-order valence-corrected chi connectivity index (χ4v) is 3.21.